The molecule has 0 aliphatic heterocycles. The third kappa shape index (κ3) is 3.50. The summed E-state index contributed by atoms with van der Waals surface area (Å²) >= 11 is 0. The molecule has 0 radical (unpaired) electrons. The van der Waals surface area contributed by atoms with E-state index in [1.807, 2.05) is 0 Å². The molecule has 0 fully saturated rings. The first-order valence-corrected chi connectivity index (χ1v) is 7.35. The van der Waals surface area contributed by atoms with Crippen LogP contribution in [0.15, 0.2) is 72.8 Å². The van der Waals surface area contributed by atoms with Gasteiger partial charge in [0.15, 0.2) is 0 Å². The Balaban J connectivity index is 0.000000141. The SMILES string of the molecule is Oc1ccc2cc(O)ccc2c1.Oc1ccc2cc(O)ccc2c1. The van der Waals surface area contributed by atoms with E-state index in [1.54, 1.807) is 72.8 Å². The Morgan fingerprint density at radius 1 is 0.333 bits per heavy atom. The van der Waals surface area contributed by atoms with Crippen LogP contribution in [-0.4, -0.2) is 20.4 Å². The van der Waals surface area contributed by atoms with E-state index in [4.69, 9.17) is 20.4 Å². The summed E-state index contributed by atoms with van der Waals surface area (Å²) in [6.07, 6.45) is 0. The summed E-state index contributed by atoms with van der Waals surface area (Å²) < 4.78 is 0. The van der Waals surface area contributed by atoms with Crippen LogP contribution in [0.5, 0.6) is 23.0 Å². The minimum absolute atomic E-state index is 0.244. The molecule has 4 rings (SSSR count). The van der Waals surface area contributed by atoms with Crippen molar-refractivity contribution in [3.8, 4) is 23.0 Å². The van der Waals surface area contributed by atoms with Crippen LogP contribution < -0.4 is 0 Å². The quantitative estimate of drug-likeness (QED) is 0.384. The Morgan fingerprint density at radius 3 is 0.750 bits per heavy atom. The molecule has 4 N–H and O–H groups in total. The Morgan fingerprint density at radius 2 is 0.542 bits per heavy atom. The van der Waals surface area contributed by atoms with E-state index >= 15 is 0 Å². The molecule has 0 aromatic heterocycles. The molecule has 4 aromatic carbocycles. The predicted octanol–water partition coefficient (Wildman–Crippen LogP) is 4.50. The van der Waals surface area contributed by atoms with Gasteiger partial charge in [0.1, 0.15) is 23.0 Å². The van der Waals surface area contributed by atoms with E-state index in [0.717, 1.165) is 21.5 Å². The third-order valence-electron chi connectivity index (χ3n) is 3.61. The van der Waals surface area contributed by atoms with Crippen molar-refractivity contribution in [3.63, 3.8) is 0 Å². The number of benzene rings is 4. The highest BCUT2D eigenvalue weighted by Crippen LogP contribution is 2.24. The molecule has 0 aliphatic rings. The van der Waals surface area contributed by atoms with Gasteiger partial charge in [-0.1, -0.05) is 24.3 Å². The van der Waals surface area contributed by atoms with Gasteiger partial charge in [-0.15, -0.1) is 0 Å². The summed E-state index contributed by atoms with van der Waals surface area (Å²) in [5.41, 5.74) is 0. The van der Waals surface area contributed by atoms with Crippen molar-refractivity contribution in [1.82, 2.24) is 0 Å². The molecule has 0 amide bonds. The molecule has 4 heteroatoms. The van der Waals surface area contributed by atoms with E-state index in [-0.39, 0.29) is 23.0 Å². The minimum atomic E-state index is 0.244. The van der Waals surface area contributed by atoms with Crippen LogP contribution in [-0.2, 0) is 0 Å². The highest BCUT2D eigenvalue weighted by molar-refractivity contribution is 5.85. The molecular weight excluding hydrogens is 304 g/mol. The van der Waals surface area contributed by atoms with Crippen LogP contribution >= 0.6 is 0 Å². The molecule has 0 saturated carbocycles. The lowest BCUT2D eigenvalue weighted by Gasteiger charge is -1.98. The second-order valence-corrected chi connectivity index (χ2v) is 5.43. The smallest absolute Gasteiger partial charge is 0.116 e. The van der Waals surface area contributed by atoms with Crippen LogP contribution in [0.2, 0.25) is 0 Å². The number of phenols is 4. The summed E-state index contributed by atoms with van der Waals surface area (Å²) in [4.78, 5) is 0. The third-order valence-corrected chi connectivity index (χ3v) is 3.61. The zero-order valence-corrected chi connectivity index (χ0v) is 12.7. The fourth-order valence-electron chi connectivity index (χ4n) is 2.44. The van der Waals surface area contributed by atoms with Gasteiger partial charge in [0.2, 0.25) is 0 Å². The topological polar surface area (TPSA) is 80.9 Å². The molecule has 4 nitrogen and oxygen atoms in total. The van der Waals surface area contributed by atoms with Crippen molar-refractivity contribution in [2.45, 2.75) is 0 Å². The normalized spacial score (nSPS) is 10.3. The van der Waals surface area contributed by atoms with Gasteiger partial charge < -0.3 is 20.4 Å². The molecule has 4 aromatic rings. The number of fused-ring (bicyclic) bond motifs is 2. The largest absolute Gasteiger partial charge is 0.508 e. The highest BCUT2D eigenvalue weighted by Gasteiger charge is 1.96. The Kier molecular flexibility index (Phi) is 4.12. The highest BCUT2D eigenvalue weighted by atomic mass is 16.3. The fraction of sp³-hybridized carbons (Fsp3) is 0. The molecule has 0 aliphatic carbocycles. The molecule has 0 spiro atoms. The van der Waals surface area contributed by atoms with E-state index in [0.29, 0.717) is 0 Å². The molecule has 0 bridgehead atoms. The fourth-order valence-corrected chi connectivity index (χ4v) is 2.44. The minimum Gasteiger partial charge on any atom is -0.508 e. The number of hydrogen-bond acceptors (Lipinski definition) is 4. The van der Waals surface area contributed by atoms with Crippen molar-refractivity contribution >= 4 is 21.5 Å². The summed E-state index contributed by atoms with van der Waals surface area (Å²) in [6, 6.07) is 20.1. The summed E-state index contributed by atoms with van der Waals surface area (Å²) in [5, 5.41) is 40.2. The standard InChI is InChI=1S/2C10H8O2/c2*11-9-3-1-7-5-10(12)4-2-8(7)6-9/h2*1-6,11-12H. The van der Waals surface area contributed by atoms with E-state index in [9.17, 15) is 0 Å². The predicted molar refractivity (Wildman–Crippen MR) is 94.6 cm³/mol. The van der Waals surface area contributed by atoms with Gasteiger partial charge in [0, 0.05) is 0 Å². The first-order chi connectivity index (χ1) is 11.5. The average molecular weight is 320 g/mol. The average Bonchev–Trinajstić information content (AvgIpc) is 2.56. The van der Waals surface area contributed by atoms with Crippen LogP contribution in [0.1, 0.15) is 0 Å². The Labute approximate surface area is 138 Å². The lowest BCUT2D eigenvalue weighted by molar-refractivity contribution is 0.474. The van der Waals surface area contributed by atoms with Crippen molar-refractivity contribution < 1.29 is 20.4 Å². The van der Waals surface area contributed by atoms with Crippen molar-refractivity contribution in [3.05, 3.63) is 72.8 Å². The summed E-state index contributed by atoms with van der Waals surface area (Å²) in [6.45, 7) is 0. The van der Waals surface area contributed by atoms with Gasteiger partial charge >= 0.3 is 0 Å². The van der Waals surface area contributed by atoms with Gasteiger partial charge in [-0.05, 0) is 70.1 Å². The molecular formula is C20H16O4. The number of rotatable bonds is 0. The molecule has 120 valence electrons. The lowest BCUT2D eigenvalue weighted by Crippen LogP contribution is -1.71. The maximum Gasteiger partial charge on any atom is 0.116 e. The van der Waals surface area contributed by atoms with E-state index < -0.39 is 0 Å². The number of hydrogen-bond donors (Lipinski definition) is 4. The zero-order chi connectivity index (χ0) is 17.1. The molecule has 0 heterocycles. The van der Waals surface area contributed by atoms with Gasteiger partial charge in [-0.3, -0.25) is 0 Å². The van der Waals surface area contributed by atoms with Crippen LogP contribution in [0.25, 0.3) is 21.5 Å². The summed E-state index contributed by atoms with van der Waals surface area (Å²) in [5.74, 6) is 0.975. The van der Waals surface area contributed by atoms with Crippen LogP contribution in [0, 0.1) is 0 Å². The van der Waals surface area contributed by atoms with Crippen molar-refractivity contribution in [2.75, 3.05) is 0 Å². The monoisotopic (exact) mass is 320 g/mol. The molecule has 0 saturated heterocycles. The van der Waals surface area contributed by atoms with Crippen LogP contribution in [0.4, 0.5) is 0 Å². The molecule has 24 heavy (non-hydrogen) atoms. The second kappa shape index (κ2) is 6.38. The Hall–Kier alpha value is -3.40. The number of aromatic hydroxyl groups is 4. The number of phenolic OH excluding ortho intramolecular Hbond substituents is 4. The molecule has 0 atom stereocenters. The Bertz CT molecular complexity index is 843. The second-order valence-electron chi connectivity index (χ2n) is 5.43. The van der Waals surface area contributed by atoms with Gasteiger partial charge in [-0.2, -0.15) is 0 Å². The summed E-state index contributed by atoms with van der Waals surface area (Å²) in [7, 11) is 0. The van der Waals surface area contributed by atoms with Crippen LogP contribution in [0.3, 0.4) is 0 Å². The lowest BCUT2D eigenvalue weighted by atomic mass is 10.1. The van der Waals surface area contributed by atoms with Gasteiger partial charge in [0.25, 0.3) is 0 Å². The van der Waals surface area contributed by atoms with Gasteiger partial charge in [-0.25, -0.2) is 0 Å². The first kappa shape index (κ1) is 15.5. The van der Waals surface area contributed by atoms with E-state index in [2.05, 4.69) is 0 Å². The van der Waals surface area contributed by atoms with Crippen molar-refractivity contribution in [2.24, 2.45) is 0 Å². The molecule has 0 unspecified atom stereocenters. The maximum absolute atomic E-state index is 9.14. The van der Waals surface area contributed by atoms with Crippen molar-refractivity contribution in [1.29, 1.82) is 0 Å². The first-order valence-electron chi connectivity index (χ1n) is 7.35. The van der Waals surface area contributed by atoms with E-state index in [1.165, 1.54) is 0 Å². The zero-order valence-electron chi connectivity index (χ0n) is 12.7. The van der Waals surface area contributed by atoms with Gasteiger partial charge in [0.05, 0.1) is 0 Å². The maximum atomic E-state index is 9.14.